The molecule has 0 aliphatic carbocycles. The number of aliphatic hydroxyl groups is 1. The number of ether oxygens (including phenoxy) is 1. The molecule has 1 amide bonds. The molecule has 0 spiro atoms. The van der Waals surface area contributed by atoms with Crippen LogP contribution in [0, 0.1) is 11.3 Å². The van der Waals surface area contributed by atoms with Crippen molar-refractivity contribution in [3.8, 4) is 11.8 Å². The van der Waals surface area contributed by atoms with Gasteiger partial charge in [-0.25, -0.2) is 0 Å². The summed E-state index contributed by atoms with van der Waals surface area (Å²) in [5.74, 6) is -1.20. The Kier molecular flexibility index (Phi) is 5.09. The normalized spacial score (nSPS) is 15.9. The number of Topliss-reactive ketones (excluding diaryl/α,β-unsaturated/α-hetero) is 1. The van der Waals surface area contributed by atoms with Gasteiger partial charge in [-0.05, 0) is 41.8 Å². The van der Waals surface area contributed by atoms with Gasteiger partial charge in [-0.3, -0.25) is 14.5 Å². The topological polar surface area (TPSA) is 90.6 Å². The van der Waals surface area contributed by atoms with Gasteiger partial charge in [-0.2, -0.15) is 5.26 Å². The number of nitrogens with zero attached hydrogens (tertiary/aromatic N) is 2. The third-order valence-corrected chi connectivity index (χ3v) is 5.77. The lowest BCUT2D eigenvalue weighted by Gasteiger charge is -2.28. The number of ketones is 1. The summed E-state index contributed by atoms with van der Waals surface area (Å²) in [5.41, 5.74) is 1.46. The highest BCUT2D eigenvalue weighted by atomic mass is 32.1. The van der Waals surface area contributed by atoms with Crippen molar-refractivity contribution in [2.75, 3.05) is 12.0 Å². The van der Waals surface area contributed by atoms with Gasteiger partial charge in [0.15, 0.2) is 5.76 Å². The highest BCUT2D eigenvalue weighted by Gasteiger charge is 2.45. The monoisotopic (exact) mass is 416 g/mol. The highest BCUT2D eigenvalue weighted by molar-refractivity contribution is 7.12. The summed E-state index contributed by atoms with van der Waals surface area (Å²) in [5, 5.41) is 21.6. The van der Waals surface area contributed by atoms with Crippen LogP contribution < -0.4 is 9.64 Å². The lowest BCUT2D eigenvalue weighted by Crippen LogP contribution is -2.31. The predicted octanol–water partition coefficient (Wildman–Crippen LogP) is 4.41. The zero-order chi connectivity index (χ0) is 21.3. The van der Waals surface area contributed by atoms with Gasteiger partial charge < -0.3 is 9.84 Å². The first-order chi connectivity index (χ1) is 14.6. The molecule has 1 N–H and O–H groups in total. The number of carbonyl (C=O) groups excluding carboxylic acids is 2. The zero-order valence-corrected chi connectivity index (χ0v) is 16.7. The van der Waals surface area contributed by atoms with Crippen LogP contribution in [0.1, 0.15) is 26.8 Å². The van der Waals surface area contributed by atoms with Gasteiger partial charge in [0.25, 0.3) is 5.91 Å². The van der Waals surface area contributed by atoms with Crippen molar-refractivity contribution in [3.63, 3.8) is 0 Å². The van der Waals surface area contributed by atoms with Crippen LogP contribution in [0.25, 0.3) is 0 Å². The fourth-order valence-corrected chi connectivity index (χ4v) is 4.21. The first kappa shape index (κ1) is 19.4. The molecule has 1 unspecified atom stereocenters. The molecule has 0 saturated heterocycles. The minimum absolute atomic E-state index is 0.00342. The van der Waals surface area contributed by atoms with Crippen LogP contribution in [0.2, 0.25) is 0 Å². The number of hydrogen-bond donors (Lipinski definition) is 1. The maximum atomic E-state index is 13.3. The van der Waals surface area contributed by atoms with Crippen molar-refractivity contribution in [1.82, 2.24) is 0 Å². The summed E-state index contributed by atoms with van der Waals surface area (Å²) in [7, 11) is 1.51. The average molecular weight is 416 g/mol. The van der Waals surface area contributed by atoms with E-state index in [1.54, 1.807) is 66.0 Å². The molecule has 0 radical (unpaired) electrons. The second kappa shape index (κ2) is 7.85. The van der Waals surface area contributed by atoms with Crippen molar-refractivity contribution < 1.29 is 19.4 Å². The number of nitriles is 1. The van der Waals surface area contributed by atoms with E-state index in [0.717, 1.165) is 0 Å². The summed E-state index contributed by atoms with van der Waals surface area (Å²) < 4.78 is 5.47. The average Bonchev–Trinajstić information content (AvgIpc) is 3.41. The van der Waals surface area contributed by atoms with Crippen molar-refractivity contribution in [2.45, 2.75) is 6.04 Å². The Morgan fingerprint density at radius 3 is 2.50 bits per heavy atom. The van der Waals surface area contributed by atoms with E-state index in [0.29, 0.717) is 27.4 Å². The molecule has 1 aromatic heterocycles. The van der Waals surface area contributed by atoms with Crippen molar-refractivity contribution in [1.29, 1.82) is 5.26 Å². The van der Waals surface area contributed by atoms with Crippen molar-refractivity contribution in [2.24, 2.45) is 0 Å². The van der Waals surface area contributed by atoms with Crippen LogP contribution in [0.5, 0.6) is 5.75 Å². The number of methoxy groups -OCH3 is 1. The molecule has 6 nitrogen and oxygen atoms in total. The van der Waals surface area contributed by atoms with E-state index in [9.17, 15) is 14.7 Å². The molecule has 148 valence electrons. The molecule has 1 aliphatic heterocycles. The molecule has 2 aromatic carbocycles. The van der Waals surface area contributed by atoms with Gasteiger partial charge in [0.05, 0.1) is 35.2 Å². The zero-order valence-electron chi connectivity index (χ0n) is 15.9. The predicted molar refractivity (Wildman–Crippen MR) is 113 cm³/mol. The number of rotatable bonds is 5. The molecule has 1 aliphatic rings. The first-order valence-electron chi connectivity index (χ1n) is 9.04. The van der Waals surface area contributed by atoms with Crippen molar-refractivity contribution in [3.05, 3.63) is 93.4 Å². The molecule has 0 fully saturated rings. The molecule has 7 heteroatoms. The standard InChI is InChI=1S/C23H16N2O4S/c1-29-17-6-3-2-5-16(17)20-19(21(26)18-7-4-12-30-18)22(27)23(28)25(20)15-10-8-14(13-24)9-11-15/h2-12,20,27H,1H3. The van der Waals surface area contributed by atoms with E-state index in [4.69, 9.17) is 10.00 Å². The summed E-state index contributed by atoms with van der Waals surface area (Å²) in [6, 6.07) is 18.0. The Morgan fingerprint density at radius 2 is 1.87 bits per heavy atom. The van der Waals surface area contributed by atoms with Crippen LogP contribution in [-0.4, -0.2) is 23.9 Å². The van der Waals surface area contributed by atoms with E-state index in [-0.39, 0.29) is 5.57 Å². The number of para-hydroxylation sites is 1. The van der Waals surface area contributed by atoms with Crippen molar-refractivity contribution >= 4 is 28.7 Å². The molecular weight excluding hydrogens is 400 g/mol. The molecule has 3 aromatic rings. The second-order valence-electron chi connectivity index (χ2n) is 6.55. The van der Waals surface area contributed by atoms with Gasteiger partial charge in [0.2, 0.25) is 5.78 Å². The van der Waals surface area contributed by atoms with Gasteiger partial charge in [-0.1, -0.05) is 24.3 Å². The Labute approximate surface area is 176 Å². The fourth-order valence-electron chi connectivity index (χ4n) is 3.53. The molecule has 30 heavy (non-hydrogen) atoms. The van der Waals surface area contributed by atoms with E-state index in [2.05, 4.69) is 0 Å². The summed E-state index contributed by atoms with van der Waals surface area (Å²) in [6.45, 7) is 0. The molecule has 2 heterocycles. The van der Waals surface area contributed by atoms with Gasteiger partial charge in [-0.15, -0.1) is 11.3 Å². The molecule has 0 saturated carbocycles. The number of hydrogen-bond acceptors (Lipinski definition) is 6. The van der Waals surface area contributed by atoms with Crippen LogP contribution in [-0.2, 0) is 4.79 Å². The van der Waals surface area contributed by atoms with Crippen LogP contribution >= 0.6 is 11.3 Å². The Balaban J connectivity index is 1.91. The Bertz CT molecular complexity index is 1190. The Hall–Kier alpha value is -3.89. The lowest BCUT2D eigenvalue weighted by molar-refractivity contribution is -0.117. The number of amides is 1. The largest absolute Gasteiger partial charge is 0.503 e. The van der Waals surface area contributed by atoms with Gasteiger partial charge in [0.1, 0.15) is 5.75 Å². The summed E-state index contributed by atoms with van der Waals surface area (Å²) >= 11 is 1.24. The molecular formula is C23H16N2O4S. The summed E-state index contributed by atoms with van der Waals surface area (Å²) in [6.07, 6.45) is 0. The Morgan fingerprint density at radius 1 is 1.13 bits per heavy atom. The fraction of sp³-hybridized carbons (Fsp3) is 0.0870. The maximum absolute atomic E-state index is 13.3. The quantitative estimate of drug-likeness (QED) is 0.622. The highest BCUT2D eigenvalue weighted by Crippen LogP contribution is 2.44. The molecule has 0 bridgehead atoms. The lowest BCUT2D eigenvalue weighted by atomic mass is 9.94. The number of benzene rings is 2. The smallest absolute Gasteiger partial charge is 0.294 e. The third kappa shape index (κ3) is 3.13. The van der Waals surface area contributed by atoms with E-state index < -0.39 is 23.5 Å². The van der Waals surface area contributed by atoms with Crippen LogP contribution in [0.15, 0.2) is 77.4 Å². The number of anilines is 1. The third-order valence-electron chi connectivity index (χ3n) is 4.91. The number of aliphatic hydroxyl groups excluding tert-OH is 1. The minimum Gasteiger partial charge on any atom is -0.503 e. The van der Waals surface area contributed by atoms with Gasteiger partial charge >= 0.3 is 0 Å². The minimum atomic E-state index is -0.879. The number of thiophene rings is 1. The van der Waals surface area contributed by atoms with E-state index in [1.165, 1.54) is 23.3 Å². The summed E-state index contributed by atoms with van der Waals surface area (Å²) in [4.78, 5) is 28.1. The number of carbonyl (C=O) groups is 2. The SMILES string of the molecule is COc1ccccc1C1C(C(=O)c2cccs2)=C(O)C(=O)N1c1ccc(C#N)cc1. The maximum Gasteiger partial charge on any atom is 0.294 e. The van der Waals surface area contributed by atoms with E-state index >= 15 is 0 Å². The van der Waals surface area contributed by atoms with Crippen LogP contribution in [0.3, 0.4) is 0 Å². The van der Waals surface area contributed by atoms with Crippen LogP contribution in [0.4, 0.5) is 5.69 Å². The molecule has 1 atom stereocenters. The van der Waals surface area contributed by atoms with Gasteiger partial charge in [0, 0.05) is 11.3 Å². The first-order valence-corrected chi connectivity index (χ1v) is 9.92. The second-order valence-corrected chi connectivity index (χ2v) is 7.49. The van der Waals surface area contributed by atoms with E-state index in [1.807, 2.05) is 6.07 Å². The molecule has 4 rings (SSSR count).